The summed E-state index contributed by atoms with van der Waals surface area (Å²) >= 11 is 0.856. The zero-order chi connectivity index (χ0) is 30.3. The van der Waals surface area contributed by atoms with Crippen LogP contribution in [0.25, 0.3) is 10.2 Å². The number of likely N-dealkylation sites (N-methyl/N-ethyl adjacent to an activating group) is 1. The van der Waals surface area contributed by atoms with Gasteiger partial charge in [0.2, 0.25) is 11.8 Å². The fourth-order valence-corrected chi connectivity index (χ4v) is 4.46. The molecule has 3 N–H and O–H groups in total. The first kappa shape index (κ1) is 31.1. The van der Waals surface area contributed by atoms with Gasteiger partial charge in [-0.3, -0.25) is 14.4 Å². The third kappa shape index (κ3) is 8.26. The topological polar surface area (TPSA) is 143 Å². The lowest BCUT2D eigenvalue weighted by atomic mass is 10.1. The summed E-state index contributed by atoms with van der Waals surface area (Å²) in [6, 6.07) is 5.37. The number of carbonyl (C=O) groups is 3. The lowest BCUT2D eigenvalue weighted by Gasteiger charge is -2.16. The predicted octanol–water partition coefficient (Wildman–Crippen LogP) is 3.74. The van der Waals surface area contributed by atoms with Crippen molar-refractivity contribution in [3.8, 4) is 5.75 Å². The van der Waals surface area contributed by atoms with Crippen molar-refractivity contribution in [2.24, 2.45) is 0 Å². The quantitative estimate of drug-likeness (QED) is 0.213. The summed E-state index contributed by atoms with van der Waals surface area (Å²) < 4.78 is 57.6. The standard InChI is InChI=1S/C25H25F4N5O6S/c1-33(2)19(35)11-4-3-7-15(32-24(38)39)21(36)31-16-9-6-12-34(22(16)37)13-18-30-14-8-5-10-17(20(14)41-18)40-25(28,29)23(26)27/h4-6,8-12,15,23,32H,3,7,13H2,1-2H3,(H,31,36)(H,38,39)/b11-4+. The number of fused-ring (bicyclic) bond motifs is 1. The maximum atomic E-state index is 13.5. The highest BCUT2D eigenvalue weighted by Gasteiger charge is 2.44. The molecule has 0 spiro atoms. The maximum Gasteiger partial charge on any atom is 0.461 e. The molecule has 3 aromatic rings. The van der Waals surface area contributed by atoms with E-state index in [1.807, 2.05) is 0 Å². The van der Waals surface area contributed by atoms with E-state index in [1.54, 1.807) is 14.1 Å². The molecule has 3 rings (SSSR count). The van der Waals surface area contributed by atoms with Crippen LogP contribution in [0.3, 0.4) is 0 Å². The average Bonchev–Trinajstić information content (AvgIpc) is 3.31. The summed E-state index contributed by atoms with van der Waals surface area (Å²) in [4.78, 5) is 54.2. The summed E-state index contributed by atoms with van der Waals surface area (Å²) in [5.41, 5.74) is -0.657. The molecule has 220 valence electrons. The molecule has 0 radical (unpaired) electrons. The number of hydrogen-bond acceptors (Lipinski definition) is 7. The Morgan fingerprint density at radius 2 is 1.95 bits per heavy atom. The molecule has 0 bridgehead atoms. The fraction of sp³-hybridized carbons (Fsp3) is 0.320. The zero-order valence-electron chi connectivity index (χ0n) is 21.6. The number of nitrogens with one attached hydrogen (secondary N) is 2. The van der Waals surface area contributed by atoms with Gasteiger partial charge in [0, 0.05) is 20.3 Å². The second-order valence-electron chi connectivity index (χ2n) is 8.74. The van der Waals surface area contributed by atoms with Crippen LogP contribution < -0.4 is 20.9 Å². The lowest BCUT2D eigenvalue weighted by molar-refractivity contribution is -0.252. The van der Waals surface area contributed by atoms with Crippen LogP contribution in [0.15, 0.2) is 53.5 Å². The Labute approximate surface area is 234 Å². The smallest absolute Gasteiger partial charge is 0.461 e. The molecule has 0 saturated carbocycles. The molecule has 2 aromatic heterocycles. The van der Waals surface area contributed by atoms with Crippen LogP contribution in [0.5, 0.6) is 5.75 Å². The monoisotopic (exact) mass is 599 g/mol. The minimum atomic E-state index is -4.71. The summed E-state index contributed by atoms with van der Waals surface area (Å²) in [6.07, 6.45) is -5.88. The third-order valence-corrected chi connectivity index (χ3v) is 6.51. The van der Waals surface area contributed by atoms with Crippen molar-refractivity contribution in [1.82, 2.24) is 19.8 Å². The van der Waals surface area contributed by atoms with Gasteiger partial charge in [0.15, 0.2) is 0 Å². The van der Waals surface area contributed by atoms with Gasteiger partial charge in [-0.25, -0.2) is 9.78 Å². The number of hydrogen-bond donors (Lipinski definition) is 3. The van der Waals surface area contributed by atoms with E-state index in [-0.39, 0.29) is 46.2 Å². The summed E-state index contributed by atoms with van der Waals surface area (Å²) in [5.74, 6) is -1.59. The van der Waals surface area contributed by atoms with E-state index in [2.05, 4.69) is 20.4 Å². The fourth-order valence-electron chi connectivity index (χ4n) is 3.45. The third-order valence-electron chi connectivity index (χ3n) is 5.44. The number of amides is 3. The predicted molar refractivity (Wildman–Crippen MR) is 142 cm³/mol. The molecule has 0 aliphatic carbocycles. The van der Waals surface area contributed by atoms with E-state index in [9.17, 15) is 36.7 Å². The minimum Gasteiger partial charge on any atom is -0.465 e. The Morgan fingerprint density at radius 3 is 2.61 bits per heavy atom. The lowest BCUT2D eigenvalue weighted by Crippen LogP contribution is -2.44. The first-order valence-corrected chi connectivity index (χ1v) is 12.7. The van der Waals surface area contributed by atoms with Crippen molar-refractivity contribution < 1.29 is 41.8 Å². The summed E-state index contributed by atoms with van der Waals surface area (Å²) in [7, 11) is 3.12. The van der Waals surface area contributed by atoms with Crippen LogP contribution in [0.4, 0.5) is 28.0 Å². The normalized spacial score (nSPS) is 12.5. The molecule has 1 atom stereocenters. The van der Waals surface area contributed by atoms with Gasteiger partial charge in [-0.05, 0) is 43.2 Å². The number of thiazole rings is 1. The summed E-state index contributed by atoms with van der Waals surface area (Å²) in [5, 5.41) is 13.8. The largest absolute Gasteiger partial charge is 0.465 e. The molecule has 16 heteroatoms. The van der Waals surface area contributed by atoms with E-state index in [1.165, 1.54) is 47.5 Å². The van der Waals surface area contributed by atoms with Gasteiger partial charge in [0.1, 0.15) is 22.5 Å². The number of alkyl halides is 4. The Balaban J connectivity index is 1.77. The van der Waals surface area contributed by atoms with E-state index in [0.29, 0.717) is 0 Å². The summed E-state index contributed by atoms with van der Waals surface area (Å²) in [6.45, 7) is -0.159. The Morgan fingerprint density at radius 1 is 1.22 bits per heavy atom. The van der Waals surface area contributed by atoms with Crippen molar-refractivity contribution in [3.05, 3.63) is 64.0 Å². The van der Waals surface area contributed by atoms with Crippen molar-refractivity contribution in [3.63, 3.8) is 0 Å². The highest BCUT2D eigenvalue weighted by atomic mass is 32.1. The van der Waals surface area contributed by atoms with E-state index in [0.717, 1.165) is 22.0 Å². The number of aromatic nitrogens is 2. The van der Waals surface area contributed by atoms with Gasteiger partial charge >= 0.3 is 18.6 Å². The maximum absolute atomic E-state index is 13.5. The number of carboxylic acid groups (broad SMARTS) is 1. The molecule has 2 heterocycles. The molecule has 0 aliphatic rings. The number of pyridine rings is 1. The van der Waals surface area contributed by atoms with Crippen LogP contribution in [0, 0.1) is 0 Å². The van der Waals surface area contributed by atoms with Crippen molar-refractivity contribution in [2.75, 3.05) is 19.4 Å². The van der Waals surface area contributed by atoms with Gasteiger partial charge in [-0.1, -0.05) is 12.1 Å². The molecule has 3 amide bonds. The van der Waals surface area contributed by atoms with Gasteiger partial charge in [0.05, 0.1) is 16.8 Å². The van der Waals surface area contributed by atoms with Crippen LogP contribution >= 0.6 is 11.3 Å². The molecule has 1 unspecified atom stereocenters. The van der Waals surface area contributed by atoms with Gasteiger partial charge in [0.25, 0.3) is 5.56 Å². The number of nitrogens with zero attached hydrogens (tertiary/aromatic N) is 3. The van der Waals surface area contributed by atoms with Crippen LogP contribution in [-0.4, -0.2) is 70.1 Å². The Bertz CT molecular complexity index is 1510. The van der Waals surface area contributed by atoms with Gasteiger partial charge in [-0.15, -0.1) is 11.3 Å². The molecule has 41 heavy (non-hydrogen) atoms. The molecule has 0 aliphatic heterocycles. The van der Waals surface area contributed by atoms with E-state index >= 15 is 0 Å². The van der Waals surface area contributed by atoms with Crippen molar-refractivity contribution >= 4 is 45.1 Å². The first-order chi connectivity index (χ1) is 19.3. The molecular formula is C25H25F4N5O6S. The molecule has 0 fully saturated rings. The number of rotatable bonds is 12. The highest BCUT2D eigenvalue weighted by Crippen LogP contribution is 2.36. The molecule has 0 saturated heterocycles. The number of carbonyl (C=O) groups excluding carboxylic acids is 2. The van der Waals surface area contributed by atoms with Crippen molar-refractivity contribution in [2.45, 2.75) is 38.0 Å². The number of anilines is 1. The minimum absolute atomic E-state index is 0.00290. The van der Waals surface area contributed by atoms with Gasteiger partial charge < -0.3 is 29.9 Å². The van der Waals surface area contributed by atoms with Gasteiger partial charge in [-0.2, -0.15) is 17.6 Å². The molecule has 1 aromatic carbocycles. The SMILES string of the molecule is CN(C)C(=O)/C=C/CCC(NC(=O)O)C(=O)Nc1cccn(Cc2nc3cccc(OC(F)(F)C(F)F)c3s2)c1=O. The number of allylic oxidation sites excluding steroid dienone is 1. The second kappa shape index (κ2) is 13.3. The Kier molecular flexibility index (Phi) is 10.0. The zero-order valence-corrected chi connectivity index (χ0v) is 22.5. The number of benzene rings is 1. The first-order valence-electron chi connectivity index (χ1n) is 11.9. The Hall–Kier alpha value is -4.47. The van der Waals surface area contributed by atoms with Crippen LogP contribution in [-0.2, 0) is 16.1 Å². The van der Waals surface area contributed by atoms with Crippen LogP contribution in [0.2, 0.25) is 0 Å². The van der Waals surface area contributed by atoms with E-state index in [4.69, 9.17) is 5.11 Å². The average molecular weight is 600 g/mol. The molecule has 11 nitrogen and oxygen atoms in total. The van der Waals surface area contributed by atoms with Crippen molar-refractivity contribution in [1.29, 1.82) is 0 Å². The second-order valence-corrected chi connectivity index (χ2v) is 9.82. The van der Waals surface area contributed by atoms with E-state index < -0.39 is 41.9 Å². The van der Waals surface area contributed by atoms with Crippen LogP contribution in [0.1, 0.15) is 17.8 Å². The molecular weight excluding hydrogens is 574 g/mol. The number of halogens is 4. The highest BCUT2D eigenvalue weighted by molar-refractivity contribution is 7.19. The number of ether oxygens (including phenoxy) is 1.